The summed E-state index contributed by atoms with van der Waals surface area (Å²) in [5.41, 5.74) is 6.68. The molecule has 3 aliphatic heterocycles. The number of pyridine rings is 1. The van der Waals surface area contributed by atoms with Crippen LogP contribution in [0.5, 0.6) is 0 Å². The van der Waals surface area contributed by atoms with Gasteiger partial charge < -0.3 is 9.80 Å². The molecule has 5 heteroatoms. The van der Waals surface area contributed by atoms with Crippen LogP contribution in [-0.4, -0.2) is 39.9 Å². The van der Waals surface area contributed by atoms with Crippen LogP contribution in [0.4, 0.5) is 5.69 Å². The van der Waals surface area contributed by atoms with Crippen LogP contribution in [0.3, 0.4) is 0 Å². The van der Waals surface area contributed by atoms with E-state index in [9.17, 15) is 0 Å². The molecule has 0 amide bonds. The van der Waals surface area contributed by atoms with Gasteiger partial charge in [-0.2, -0.15) is 0 Å². The van der Waals surface area contributed by atoms with Crippen molar-refractivity contribution in [2.24, 2.45) is 4.99 Å². The molecule has 2 fully saturated rings. The third-order valence-corrected chi connectivity index (χ3v) is 7.81. The smallest absolute Gasteiger partial charge is 0.160 e. The van der Waals surface area contributed by atoms with Crippen molar-refractivity contribution in [2.45, 2.75) is 58.2 Å². The van der Waals surface area contributed by atoms with E-state index >= 15 is 0 Å². The van der Waals surface area contributed by atoms with Gasteiger partial charge in [0, 0.05) is 36.8 Å². The van der Waals surface area contributed by atoms with E-state index < -0.39 is 0 Å². The van der Waals surface area contributed by atoms with Gasteiger partial charge in [-0.3, -0.25) is 9.98 Å². The van der Waals surface area contributed by atoms with Crippen molar-refractivity contribution in [1.29, 1.82) is 0 Å². The van der Waals surface area contributed by atoms with Crippen LogP contribution >= 0.6 is 11.8 Å². The number of rotatable bonds is 4. The molecule has 3 atom stereocenters. The zero-order chi connectivity index (χ0) is 20.0. The van der Waals surface area contributed by atoms with E-state index in [0.29, 0.717) is 6.04 Å². The Morgan fingerprint density at radius 3 is 2.66 bits per heavy atom. The second-order valence-electron chi connectivity index (χ2n) is 8.53. The lowest BCUT2D eigenvalue weighted by atomic mass is 9.90. The Kier molecular flexibility index (Phi) is 5.02. The molecule has 2 aromatic rings. The largest absolute Gasteiger partial charge is 0.371 e. The lowest BCUT2D eigenvalue weighted by Crippen LogP contribution is -2.35. The summed E-state index contributed by atoms with van der Waals surface area (Å²) in [5, 5.41) is 1.21. The predicted molar refractivity (Wildman–Crippen MR) is 123 cm³/mol. The van der Waals surface area contributed by atoms with E-state index in [0.717, 1.165) is 17.9 Å². The van der Waals surface area contributed by atoms with Crippen LogP contribution in [0.25, 0.3) is 0 Å². The Morgan fingerprint density at radius 1 is 1.10 bits per heavy atom. The van der Waals surface area contributed by atoms with Crippen molar-refractivity contribution in [1.82, 2.24) is 9.88 Å². The Morgan fingerprint density at radius 2 is 1.93 bits per heavy atom. The average Bonchev–Trinajstić information content (AvgIpc) is 3.47. The molecule has 3 aliphatic rings. The number of aryl methyl sites for hydroxylation is 2. The number of anilines is 1. The monoisotopic (exact) mass is 406 g/mol. The van der Waals surface area contributed by atoms with Crippen molar-refractivity contribution >= 4 is 22.6 Å². The molecular weight excluding hydrogens is 376 g/mol. The average molecular weight is 407 g/mol. The number of aromatic nitrogens is 1. The normalized spacial score (nSPS) is 26.2. The molecule has 0 radical (unpaired) electrons. The summed E-state index contributed by atoms with van der Waals surface area (Å²) < 4.78 is 0. The molecule has 0 unspecified atom stereocenters. The first kappa shape index (κ1) is 19.0. The highest BCUT2D eigenvalue weighted by Crippen LogP contribution is 2.49. The van der Waals surface area contributed by atoms with Crippen molar-refractivity contribution in [3.63, 3.8) is 0 Å². The molecule has 0 bridgehead atoms. The standard InChI is InChI=1S/C24H30N4S/c1-4-18-15-29-24-26-22(20-9-5-6-10-25-20)23(28(18)24)19-13-17(3)21(14-16(19)2)27-11-7-8-12-27/h5-6,9-10,13-14,18,22-23H,4,7-8,11-12,15H2,1-3H3/t18-,22-,23-/m1/s1. The number of amidine groups is 1. The molecule has 0 aliphatic carbocycles. The van der Waals surface area contributed by atoms with E-state index in [1.54, 1.807) is 0 Å². The fourth-order valence-electron chi connectivity index (χ4n) is 5.13. The fourth-order valence-corrected chi connectivity index (χ4v) is 6.46. The summed E-state index contributed by atoms with van der Waals surface area (Å²) in [6.07, 6.45) is 5.67. The van der Waals surface area contributed by atoms with E-state index in [4.69, 9.17) is 9.98 Å². The van der Waals surface area contributed by atoms with Gasteiger partial charge in [-0.1, -0.05) is 30.8 Å². The first-order chi connectivity index (χ1) is 14.2. The fraction of sp³-hybridized carbons (Fsp3) is 0.500. The molecular formula is C24H30N4S. The molecule has 5 rings (SSSR count). The molecule has 0 spiro atoms. The number of thioether (sulfide) groups is 1. The third kappa shape index (κ3) is 3.24. The van der Waals surface area contributed by atoms with Gasteiger partial charge in [-0.25, -0.2) is 0 Å². The Balaban J connectivity index is 1.59. The van der Waals surface area contributed by atoms with Crippen LogP contribution in [0.1, 0.15) is 60.7 Å². The van der Waals surface area contributed by atoms with E-state index in [-0.39, 0.29) is 12.1 Å². The van der Waals surface area contributed by atoms with Crippen LogP contribution in [0.15, 0.2) is 41.5 Å². The van der Waals surface area contributed by atoms with E-state index in [1.165, 1.54) is 53.5 Å². The third-order valence-electron chi connectivity index (χ3n) is 6.68. The molecule has 152 valence electrons. The second-order valence-corrected chi connectivity index (χ2v) is 9.51. The van der Waals surface area contributed by atoms with Gasteiger partial charge in [0.2, 0.25) is 0 Å². The zero-order valence-electron chi connectivity index (χ0n) is 17.6. The SMILES string of the molecule is CC[C@@H]1CSC2=N[C@H](c3ccccn3)[C@@H](c3cc(C)c(N4CCCC4)cc3C)N21. The summed E-state index contributed by atoms with van der Waals surface area (Å²) in [6, 6.07) is 11.9. The minimum absolute atomic E-state index is 0.0730. The molecule has 2 saturated heterocycles. The quantitative estimate of drug-likeness (QED) is 0.691. The van der Waals surface area contributed by atoms with Gasteiger partial charge in [0.15, 0.2) is 5.17 Å². The summed E-state index contributed by atoms with van der Waals surface area (Å²) >= 11 is 1.92. The van der Waals surface area contributed by atoms with E-state index in [2.05, 4.69) is 54.8 Å². The molecule has 0 N–H and O–H groups in total. The van der Waals surface area contributed by atoms with Gasteiger partial charge >= 0.3 is 0 Å². The number of benzene rings is 1. The van der Waals surface area contributed by atoms with Gasteiger partial charge in [0.25, 0.3) is 0 Å². The first-order valence-electron chi connectivity index (χ1n) is 10.9. The van der Waals surface area contributed by atoms with Gasteiger partial charge in [0.1, 0.15) is 6.04 Å². The predicted octanol–water partition coefficient (Wildman–Crippen LogP) is 5.28. The summed E-state index contributed by atoms with van der Waals surface area (Å²) in [5.74, 6) is 1.14. The molecule has 1 aromatic carbocycles. The van der Waals surface area contributed by atoms with Gasteiger partial charge in [0.05, 0.1) is 11.7 Å². The highest BCUT2D eigenvalue weighted by molar-refractivity contribution is 8.14. The Labute approximate surface area is 178 Å². The van der Waals surface area contributed by atoms with Crippen molar-refractivity contribution in [3.05, 3.63) is 58.9 Å². The summed E-state index contributed by atoms with van der Waals surface area (Å²) in [6.45, 7) is 9.24. The molecule has 4 heterocycles. The van der Waals surface area contributed by atoms with Crippen LogP contribution in [0, 0.1) is 13.8 Å². The lowest BCUT2D eigenvalue weighted by molar-refractivity contribution is 0.254. The molecule has 1 aromatic heterocycles. The zero-order valence-corrected chi connectivity index (χ0v) is 18.5. The van der Waals surface area contributed by atoms with Crippen molar-refractivity contribution in [2.75, 3.05) is 23.7 Å². The first-order valence-corrected chi connectivity index (χ1v) is 11.9. The number of fused-ring (bicyclic) bond motifs is 1. The Hall–Kier alpha value is -2.01. The summed E-state index contributed by atoms with van der Waals surface area (Å²) in [7, 11) is 0. The Bertz CT molecular complexity index is 920. The summed E-state index contributed by atoms with van der Waals surface area (Å²) in [4.78, 5) is 15.0. The molecule has 0 saturated carbocycles. The topological polar surface area (TPSA) is 31.7 Å². The molecule has 4 nitrogen and oxygen atoms in total. The maximum absolute atomic E-state index is 5.18. The van der Waals surface area contributed by atoms with Gasteiger partial charge in [-0.15, -0.1) is 0 Å². The van der Waals surface area contributed by atoms with Gasteiger partial charge in [-0.05, 0) is 68.0 Å². The molecule has 29 heavy (non-hydrogen) atoms. The van der Waals surface area contributed by atoms with Crippen LogP contribution in [-0.2, 0) is 0 Å². The number of hydrogen-bond acceptors (Lipinski definition) is 5. The second kappa shape index (κ2) is 7.67. The van der Waals surface area contributed by atoms with Crippen molar-refractivity contribution < 1.29 is 0 Å². The highest BCUT2D eigenvalue weighted by Gasteiger charge is 2.46. The minimum atomic E-state index is 0.0730. The van der Waals surface area contributed by atoms with Crippen LogP contribution < -0.4 is 4.90 Å². The number of hydrogen-bond donors (Lipinski definition) is 0. The van der Waals surface area contributed by atoms with Crippen molar-refractivity contribution in [3.8, 4) is 0 Å². The lowest BCUT2D eigenvalue weighted by Gasteiger charge is -2.33. The number of nitrogens with zero attached hydrogens (tertiary/aromatic N) is 4. The highest BCUT2D eigenvalue weighted by atomic mass is 32.2. The van der Waals surface area contributed by atoms with E-state index in [1.807, 2.05) is 24.0 Å². The number of aliphatic imine (C=N–C) groups is 1. The van der Waals surface area contributed by atoms with Crippen LogP contribution in [0.2, 0.25) is 0 Å². The minimum Gasteiger partial charge on any atom is -0.371 e. The maximum atomic E-state index is 5.18. The maximum Gasteiger partial charge on any atom is 0.160 e.